The molecule has 0 saturated carbocycles. The van der Waals surface area contributed by atoms with Crippen molar-refractivity contribution < 1.29 is 18.4 Å². The smallest absolute Gasteiger partial charge is 0.273 e. The van der Waals surface area contributed by atoms with Gasteiger partial charge in [-0.1, -0.05) is 15.9 Å². The lowest BCUT2D eigenvalue weighted by molar-refractivity contribution is 0.0843. The summed E-state index contributed by atoms with van der Waals surface area (Å²) in [5.41, 5.74) is 4.52. The van der Waals surface area contributed by atoms with Crippen LogP contribution in [0.15, 0.2) is 33.2 Å². The highest BCUT2D eigenvalue weighted by Gasteiger charge is 2.16. The molecular weight excluding hydrogens is 343 g/mol. The Kier molecular flexibility index (Phi) is 4.42. The van der Waals surface area contributed by atoms with Crippen LogP contribution in [0.25, 0.3) is 0 Å². The van der Waals surface area contributed by atoms with Gasteiger partial charge in [0.1, 0.15) is 17.3 Å². The van der Waals surface area contributed by atoms with E-state index in [2.05, 4.69) is 26.8 Å². The van der Waals surface area contributed by atoms with E-state index in [0.717, 1.165) is 0 Å². The van der Waals surface area contributed by atoms with Crippen LogP contribution in [0.4, 0.5) is 4.39 Å². The normalized spacial score (nSPS) is 10.3. The number of hydrogen-bond donors (Lipinski definition) is 2. The molecule has 1 aromatic carbocycles. The van der Waals surface area contributed by atoms with Crippen LogP contribution in [0.5, 0.6) is 0 Å². The molecule has 2 amide bonds. The Balaban J connectivity index is 2.04. The van der Waals surface area contributed by atoms with E-state index in [-0.39, 0.29) is 5.56 Å². The SMILES string of the molecule is Cc1cc(C(=O)NNC(=O)c2ccc(Br)cc2F)c(C)o1. The molecular formula is C14H12BrFN2O3. The van der Waals surface area contributed by atoms with Crippen molar-refractivity contribution in [2.24, 2.45) is 0 Å². The number of aryl methyl sites for hydroxylation is 2. The van der Waals surface area contributed by atoms with E-state index < -0.39 is 17.6 Å². The maximum absolute atomic E-state index is 13.6. The predicted octanol–water partition coefficient (Wildman–Crippen LogP) is 2.87. The predicted molar refractivity (Wildman–Crippen MR) is 77.2 cm³/mol. The van der Waals surface area contributed by atoms with Crippen LogP contribution in [0, 0.1) is 19.7 Å². The van der Waals surface area contributed by atoms with E-state index in [4.69, 9.17) is 4.42 Å². The summed E-state index contributed by atoms with van der Waals surface area (Å²) < 4.78 is 19.3. The van der Waals surface area contributed by atoms with E-state index in [1.54, 1.807) is 19.9 Å². The van der Waals surface area contributed by atoms with E-state index >= 15 is 0 Å². The van der Waals surface area contributed by atoms with Crippen molar-refractivity contribution in [3.8, 4) is 0 Å². The second-order valence-corrected chi connectivity index (χ2v) is 5.28. The van der Waals surface area contributed by atoms with Crippen molar-refractivity contribution >= 4 is 27.7 Å². The van der Waals surface area contributed by atoms with Crippen molar-refractivity contribution in [2.75, 3.05) is 0 Å². The van der Waals surface area contributed by atoms with Crippen LogP contribution in [-0.2, 0) is 0 Å². The lowest BCUT2D eigenvalue weighted by Crippen LogP contribution is -2.42. The highest BCUT2D eigenvalue weighted by Crippen LogP contribution is 2.15. The Morgan fingerprint density at radius 1 is 1.10 bits per heavy atom. The Morgan fingerprint density at radius 3 is 2.24 bits per heavy atom. The first kappa shape index (κ1) is 15.2. The lowest BCUT2D eigenvalue weighted by atomic mass is 10.2. The Labute approximate surface area is 128 Å². The Hall–Kier alpha value is -2.15. The summed E-state index contributed by atoms with van der Waals surface area (Å²) in [6.07, 6.45) is 0. The number of hydrogen-bond acceptors (Lipinski definition) is 3. The summed E-state index contributed by atoms with van der Waals surface area (Å²) in [7, 11) is 0. The number of furan rings is 1. The van der Waals surface area contributed by atoms with Crippen molar-refractivity contribution in [1.29, 1.82) is 0 Å². The van der Waals surface area contributed by atoms with Crippen molar-refractivity contribution in [2.45, 2.75) is 13.8 Å². The zero-order chi connectivity index (χ0) is 15.6. The fourth-order valence-corrected chi connectivity index (χ4v) is 2.11. The number of carbonyl (C=O) groups is 2. The monoisotopic (exact) mass is 354 g/mol. The van der Waals surface area contributed by atoms with E-state index in [1.807, 2.05) is 0 Å². The van der Waals surface area contributed by atoms with Gasteiger partial charge in [-0.3, -0.25) is 20.4 Å². The first-order chi connectivity index (χ1) is 9.88. The summed E-state index contributed by atoms with van der Waals surface area (Å²) in [5.74, 6) is -0.940. The van der Waals surface area contributed by atoms with E-state index in [0.29, 0.717) is 21.6 Å². The van der Waals surface area contributed by atoms with Crippen molar-refractivity contribution in [3.05, 3.63) is 57.2 Å². The van der Waals surface area contributed by atoms with Crippen LogP contribution >= 0.6 is 15.9 Å². The molecule has 0 aliphatic heterocycles. The van der Waals surface area contributed by atoms with E-state index in [9.17, 15) is 14.0 Å². The molecule has 1 aromatic heterocycles. The van der Waals surface area contributed by atoms with Crippen LogP contribution in [0.3, 0.4) is 0 Å². The molecule has 0 fully saturated rings. The third-order valence-corrected chi connectivity index (χ3v) is 3.24. The molecule has 5 nitrogen and oxygen atoms in total. The zero-order valence-electron chi connectivity index (χ0n) is 11.3. The number of rotatable bonds is 2. The summed E-state index contributed by atoms with van der Waals surface area (Å²) in [6, 6.07) is 5.56. The summed E-state index contributed by atoms with van der Waals surface area (Å²) in [5, 5.41) is 0. The van der Waals surface area contributed by atoms with Crippen LogP contribution in [-0.4, -0.2) is 11.8 Å². The molecule has 2 N–H and O–H groups in total. The Morgan fingerprint density at radius 2 is 1.71 bits per heavy atom. The van der Waals surface area contributed by atoms with Gasteiger partial charge in [-0.05, 0) is 38.1 Å². The second kappa shape index (κ2) is 6.09. The minimum Gasteiger partial charge on any atom is -0.466 e. The van der Waals surface area contributed by atoms with Gasteiger partial charge in [0.25, 0.3) is 11.8 Å². The highest BCUT2D eigenvalue weighted by atomic mass is 79.9. The number of benzene rings is 1. The van der Waals surface area contributed by atoms with Gasteiger partial charge in [0.05, 0.1) is 11.1 Å². The number of hydrazine groups is 1. The topological polar surface area (TPSA) is 71.3 Å². The summed E-state index contributed by atoms with van der Waals surface area (Å²) in [4.78, 5) is 23.7. The molecule has 7 heteroatoms. The minimum absolute atomic E-state index is 0.168. The van der Waals surface area contributed by atoms with E-state index in [1.165, 1.54) is 18.2 Å². The Bertz CT molecular complexity index is 712. The molecule has 0 radical (unpaired) electrons. The summed E-state index contributed by atoms with van der Waals surface area (Å²) in [6.45, 7) is 3.34. The third-order valence-electron chi connectivity index (χ3n) is 2.75. The molecule has 0 bridgehead atoms. The molecule has 0 aliphatic carbocycles. The van der Waals surface area contributed by atoms with Gasteiger partial charge in [-0.25, -0.2) is 4.39 Å². The number of carbonyl (C=O) groups excluding carboxylic acids is 2. The van der Waals surface area contributed by atoms with Gasteiger partial charge in [0.2, 0.25) is 0 Å². The number of nitrogens with one attached hydrogen (secondary N) is 2. The molecule has 2 rings (SSSR count). The van der Waals surface area contributed by atoms with Crippen LogP contribution in [0.2, 0.25) is 0 Å². The first-order valence-corrected chi connectivity index (χ1v) is 6.80. The van der Waals surface area contributed by atoms with Crippen LogP contribution in [0.1, 0.15) is 32.2 Å². The van der Waals surface area contributed by atoms with Gasteiger partial charge in [-0.2, -0.15) is 0 Å². The first-order valence-electron chi connectivity index (χ1n) is 6.01. The van der Waals surface area contributed by atoms with Gasteiger partial charge in [-0.15, -0.1) is 0 Å². The number of amides is 2. The van der Waals surface area contributed by atoms with Crippen LogP contribution < -0.4 is 10.9 Å². The van der Waals surface area contributed by atoms with Gasteiger partial charge < -0.3 is 4.42 Å². The standard InChI is InChI=1S/C14H12BrFN2O3/c1-7-5-11(8(2)21-7)14(20)18-17-13(19)10-4-3-9(15)6-12(10)16/h3-6H,1-2H3,(H,17,19)(H,18,20). The maximum Gasteiger partial charge on any atom is 0.273 e. The fourth-order valence-electron chi connectivity index (χ4n) is 1.78. The molecule has 110 valence electrons. The lowest BCUT2D eigenvalue weighted by Gasteiger charge is -2.07. The molecule has 21 heavy (non-hydrogen) atoms. The highest BCUT2D eigenvalue weighted by molar-refractivity contribution is 9.10. The average molecular weight is 355 g/mol. The maximum atomic E-state index is 13.6. The zero-order valence-corrected chi connectivity index (χ0v) is 12.9. The molecule has 0 aliphatic rings. The van der Waals surface area contributed by atoms with Gasteiger partial charge in [0, 0.05) is 4.47 Å². The van der Waals surface area contributed by atoms with Crippen molar-refractivity contribution in [3.63, 3.8) is 0 Å². The average Bonchev–Trinajstić information content (AvgIpc) is 2.74. The second-order valence-electron chi connectivity index (χ2n) is 4.36. The minimum atomic E-state index is -0.744. The molecule has 0 unspecified atom stereocenters. The molecule has 0 spiro atoms. The summed E-state index contributed by atoms with van der Waals surface area (Å²) >= 11 is 3.10. The quantitative estimate of drug-likeness (QED) is 0.814. The van der Waals surface area contributed by atoms with Gasteiger partial charge >= 0.3 is 0 Å². The molecule has 0 saturated heterocycles. The van der Waals surface area contributed by atoms with Crippen molar-refractivity contribution in [1.82, 2.24) is 10.9 Å². The fraction of sp³-hybridized carbons (Fsp3) is 0.143. The number of halogens is 2. The van der Waals surface area contributed by atoms with Gasteiger partial charge in [0.15, 0.2) is 0 Å². The molecule has 1 heterocycles. The largest absolute Gasteiger partial charge is 0.466 e. The molecule has 0 atom stereocenters. The molecule has 2 aromatic rings. The third kappa shape index (κ3) is 3.49.